The summed E-state index contributed by atoms with van der Waals surface area (Å²) in [5.41, 5.74) is 1.06. The molecule has 0 heterocycles. The van der Waals surface area contributed by atoms with Crippen LogP contribution in [0, 0.1) is 11.7 Å². The molecule has 0 amide bonds. The highest BCUT2D eigenvalue weighted by atomic mass is 35.5. The van der Waals surface area contributed by atoms with Gasteiger partial charge in [0, 0.05) is 5.39 Å². The Hall–Kier alpha value is -1.08. The monoisotopic (exact) mass is 292 g/mol. The number of fused-ring (bicyclic) bond motifs is 1. The molecule has 2 atom stereocenters. The average Bonchev–Trinajstić information content (AvgIpc) is 2.48. The molecule has 2 aromatic carbocycles. The van der Waals surface area contributed by atoms with Gasteiger partial charge in [0.1, 0.15) is 5.82 Å². The van der Waals surface area contributed by atoms with Crippen molar-refractivity contribution in [2.24, 2.45) is 5.92 Å². The van der Waals surface area contributed by atoms with Gasteiger partial charge >= 0.3 is 0 Å². The highest BCUT2D eigenvalue weighted by molar-refractivity contribution is 6.22. The number of unbranched alkanes of at least 4 members (excludes halogenated alkanes) is 1. The molecule has 2 unspecified atom stereocenters. The molecule has 0 bridgehead atoms. The second kappa shape index (κ2) is 7.08. The SMILES string of the molecule is CCCCC(CC)C(Cl)c1ccc(F)c2ccccc12. The molecule has 0 nitrogen and oxygen atoms in total. The number of rotatable bonds is 6. The van der Waals surface area contributed by atoms with Crippen molar-refractivity contribution in [3.05, 3.63) is 47.8 Å². The van der Waals surface area contributed by atoms with Crippen molar-refractivity contribution in [1.29, 1.82) is 0 Å². The highest BCUT2D eigenvalue weighted by Gasteiger charge is 2.21. The molecule has 2 rings (SSSR count). The topological polar surface area (TPSA) is 0 Å². The molecule has 20 heavy (non-hydrogen) atoms. The standard InChI is InChI=1S/C18H22ClF/c1-3-5-8-13(4-2)18(19)16-11-12-17(20)15-10-7-6-9-14(15)16/h6-7,9-13,18H,3-5,8H2,1-2H3. The lowest BCUT2D eigenvalue weighted by atomic mass is 9.89. The zero-order valence-corrected chi connectivity index (χ0v) is 13.0. The quantitative estimate of drug-likeness (QED) is 0.535. The lowest BCUT2D eigenvalue weighted by Gasteiger charge is -2.22. The first-order valence-electron chi connectivity index (χ1n) is 7.50. The van der Waals surface area contributed by atoms with Crippen LogP contribution < -0.4 is 0 Å². The Kier molecular flexibility index (Phi) is 5.42. The molecule has 108 valence electrons. The summed E-state index contributed by atoms with van der Waals surface area (Å²) in [4.78, 5) is 0. The maximum atomic E-state index is 13.9. The van der Waals surface area contributed by atoms with Gasteiger partial charge in [-0.15, -0.1) is 11.6 Å². The van der Waals surface area contributed by atoms with Gasteiger partial charge in [-0.2, -0.15) is 0 Å². The Balaban J connectivity index is 2.38. The molecule has 0 spiro atoms. The van der Waals surface area contributed by atoms with Gasteiger partial charge in [0.05, 0.1) is 5.38 Å². The lowest BCUT2D eigenvalue weighted by molar-refractivity contribution is 0.438. The Morgan fingerprint density at radius 3 is 2.40 bits per heavy atom. The van der Waals surface area contributed by atoms with Crippen LogP contribution in [-0.4, -0.2) is 0 Å². The molecule has 0 saturated carbocycles. The van der Waals surface area contributed by atoms with Crippen molar-refractivity contribution in [3.8, 4) is 0 Å². The fourth-order valence-corrected chi connectivity index (χ4v) is 3.30. The van der Waals surface area contributed by atoms with Crippen molar-refractivity contribution in [3.63, 3.8) is 0 Å². The molecule has 0 radical (unpaired) electrons. The van der Waals surface area contributed by atoms with Crippen LogP contribution in [0.1, 0.15) is 50.5 Å². The van der Waals surface area contributed by atoms with Crippen molar-refractivity contribution in [2.75, 3.05) is 0 Å². The molecule has 0 N–H and O–H groups in total. The zero-order valence-electron chi connectivity index (χ0n) is 12.2. The summed E-state index contributed by atoms with van der Waals surface area (Å²) < 4.78 is 13.9. The number of benzene rings is 2. The average molecular weight is 293 g/mol. The van der Waals surface area contributed by atoms with E-state index in [1.54, 1.807) is 6.07 Å². The van der Waals surface area contributed by atoms with Crippen molar-refractivity contribution < 1.29 is 4.39 Å². The summed E-state index contributed by atoms with van der Waals surface area (Å²) in [6.07, 6.45) is 4.57. The number of alkyl halides is 1. The lowest BCUT2D eigenvalue weighted by Crippen LogP contribution is -2.08. The number of hydrogen-bond donors (Lipinski definition) is 0. The second-order valence-electron chi connectivity index (χ2n) is 5.39. The Labute approximate surface area is 126 Å². The first kappa shape index (κ1) is 15.3. The van der Waals surface area contributed by atoms with E-state index < -0.39 is 0 Å². The number of hydrogen-bond acceptors (Lipinski definition) is 0. The Bertz CT molecular complexity index is 564. The highest BCUT2D eigenvalue weighted by Crippen LogP contribution is 2.38. The molecule has 0 fully saturated rings. The molecule has 0 aliphatic carbocycles. The van der Waals surface area contributed by atoms with Crippen molar-refractivity contribution in [2.45, 2.75) is 44.9 Å². The smallest absolute Gasteiger partial charge is 0.131 e. The summed E-state index contributed by atoms with van der Waals surface area (Å²) in [5.74, 6) is 0.278. The van der Waals surface area contributed by atoms with Crippen LogP contribution in [0.4, 0.5) is 4.39 Å². The number of halogens is 2. The molecule has 0 aliphatic rings. The predicted molar refractivity (Wildman–Crippen MR) is 85.8 cm³/mol. The maximum Gasteiger partial charge on any atom is 0.131 e. The van der Waals surface area contributed by atoms with Crippen molar-refractivity contribution >= 4 is 22.4 Å². The van der Waals surface area contributed by atoms with Crippen LogP contribution in [0.5, 0.6) is 0 Å². The zero-order chi connectivity index (χ0) is 14.5. The fourth-order valence-electron chi connectivity index (χ4n) is 2.80. The van der Waals surface area contributed by atoms with E-state index in [9.17, 15) is 4.39 Å². The first-order chi connectivity index (χ1) is 9.69. The molecule has 0 saturated heterocycles. The van der Waals surface area contributed by atoms with Crippen LogP contribution in [0.2, 0.25) is 0 Å². The fraction of sp³-hybridized carbons (Fsp3) is 0.444. The van der Waals surface area contributed by atoms with E-state index >= 15 is 0 Å². The minimum atomic E-state index is -0.171. The molecule has 2 heteroatoms. The third-order valence-electron chi connectivity index (χ3n) is 4.07. The van der Waals surface area contributed by atoms with Crippen LogP contribution in [-0.2, 0) is 0 Å². The van der Waals surface area contributed by atoms with Gasteiger partial charge in [0.15, 0.2) is 0 Å². The second-order valence-corrected chi connectivity index (χ2v) is 5.86. The predicted octanol–water partition coefficient (Wildman–Crippen LogP) is 6.48. The van der Waals surface area contributed by atoms with E-state index in [0.29, 0.717) is 11.3 Å². The van der Waals surface area contributed by atoms with Gasteiger partial charge in [-0.1, -0.05) is 63.4 Å². The van der Waals surface area contributed by atoms with E-state index in [-0.39, 0.29) is 11.2 Å². The van der Waals surface area contributed by atoms with E-state index in [2.05, 4.69) is 13.8 Å². The van der Waals surface area contributed by atoms with Gasteiger partial charge in [-0.3, -0.25) is 0 Å². The summed E-state index contributed by atoms with van der Waals surface area (Å²) >= 11 is 6.72. The van der Waals surface area contributed by atoms with E-state index in [1.807, 2.05) is 30.3 Å². The normalized spacial score (nSPS) is 14.4. The van der Waals surface area contributed by atoms with Gasteiger partial charge in [-0.25, -0.2) is 4.39 Å². The molecule has 0 aromatic heterocycles. The van der Waals surface area contributed by atoms with Gasteiger partial charge < -0.3 is 0 Å². The third-order valence-corrected chi connectivity index (χ3v) is 4.66. The minimum Gasteiger partial charge on any atom is -0.206 e. The first-order valence-corrected chi connectivity index (χ1v) is 7.93. The van der Waals surface area contributed by atoms with E-state index in [1.165, 1.54) is 12.8 Å². The van der Waals surface area contributed by atoms with E-state index in [4.69, 9.17) is 11.6 Å². The van der Waals surface area contributed by atoms with Crippen LogP contribution in [0.3, 0.4) is 0 Å². The largest absolute Gasteiger partial charge is 0.206 e. The Morgan fingerprint density at radius 1 is 1.05 bits per heavy atom. The van der Waals surface area contributed by atoms with Gasteiger partial charge in [-0.05, 0) is 29.4 Å². The summed E-state index contributed by atoms with van der Waals surface area (Å²) in [6, 6.07) is 11.0. The van der Waals surface area contributed by atoms with Crippen LogP contribution in [0.15, 0.2) is 36.4 Å². The molecular weight excluding hydrogens is 271 g/mol. The van der Waals surface area contributed by atoms with Gasteiger partial charge in [0.2, 0.25) is 0 Å². The minimum absolute atomic E-state index is 0.0444. The molecule has 2 aromatic rings. The van der Waals surface area contributed by atoms with Crippen LogP contribution >= 0.6 is 11.6 Å². The maximum absolute atomic E-state index is 13.9. The van der Waals surface area contributed by atoms with E-state index in [0.717, 1.165) is 23.8 Å². The van der Waals surface area contributed by atoms with Crippen LogP contribution in [0.25, 0.3) is 10.8 Å². The molecular formula is C18H22ClF. The summed E-state index contributed by atoms with van der Waals surface area (Å²) in [6.45, 7) is 4.38. The third kappa shape index (κ3) is 3.15. The summed E-state index contributed by atoms with van der Waals surface area (Å²) in [7, 11) is 0. The van der Waals surface area contributed by atoms with Gasteiger partial charge in [0.25, 0.3) is 0 Å². The molecule has 0 aliphatic heterocycles. The Morgan fingerprint density at radius 2 is 1.75 bits per heavy atom. The summed E-state index contributed by atoms with van der Waals surface area (Å²) in [5, 5.41) is 1.57. The van der Waals surface area contributed by atoms with Crippen molar-refractivity contribution in [1.82, 2.24) is 0 Å².